The van der Waals surface area contributed by atoms with E-state index in [1.165, 1.54) is 5.39 Å². The molecule has 3 rings (SSSR count). The fraction of sp³-hybridized carbons (Fsp3) is 0.0667. The Morgan fingerprint density at radius 3 is 2.36 bits per heavy atom. The lowest BCUT2D eigenvalue weighted by Crippen LogP contribution is -2.01. The summed E-state index contributed by atoms with van der Waals surface area (Å²) in [6, 6.07) is 14.2. The zero-order valence-corrected chi connectivity index (χ0v) is 15.1. The number of halogens is 2. The second-order valence-electron chi connectivity index (χ2n) is 4.10. The van der Waals surface area contributed by atoms with Gasteiger partial charge in [0, 0.05) is 30.5 Å². The van der Waals surface area contributed by atoms with Crippen LogP contribution in [0, 0.1) is 0 Å². The van der Waals surface area contributed by atoms with E-state index < -0.39 is 0 Å². The molecule has 0 fully saturated rings. The highest BCUT2D eigenvalue weighted by atomic mass is 79.9. The SMILES string of the molecule is Br.Br.O.O.c1cncc(CNc2nccc3ccccc23)c1. The van der Waals surface area contributed by atoms with E-state index in [-0.39, 0.29) is 44.9 Å². The summed E-state index contributed by atoms with van der Waals surface area (Å²) in [5.41, 5.74) is 1.15. The van der Waals surface area contributed by atoms with Crippen molar-refractivity contribution < 1.29 is 11.0 Å². The molecule has 0 aliphatic heterocycles. The van der Waals surface area contributed by atoms with Crippen LogP contribution in [-0.4, -0.2) is 20.9 Å². The number of rotatable bonds is 3. The first kappa shape index (κ1) is 22.7. The molecule has 0 spiro atoms. The average Bonchev–Trinajstić information content (AvgIpc) is 2.46. The Morgan fingerprint density at radius 1 is 0.864 bits per heavy atom. The van der Waals surface area contributed by atoms with E-state index in [2.05, 4.69) is 27.4 Å². The van der Waals surface area contributed by atoms with Gasteiger partial charge in [0.25, 0.3) is 0 Å². The number of aromatic nitrogens is 2. The monoisotopic (exact) mass is 431 g/mol. The van der Waals surface area contributed by atoms with Crippen molar-refractivity contribution in [1.82, 2.24) is 9.97 Å². The number of nitrogens with one attached hydrogen (secondary N) is 1. The summed E-state index contributed by atoms with van der Waals surface area (Å²) in [7, 11) is 0. The largest absolute Gasteiger partial charge is 0.412 e. The molecule has 7 heteroatoms. The lowest BCUT2D eigenvalue weighted by atomic mass is 10.1. The van der Waals surface area contributed by atoms with Crippen molar-refractivity contribution >= 4 is 50.6 Å². The second-order valence-corrected chi connectivity index (χ2v) is 4.10. The van der Waals surface area contributed by atoms with E-state index in [0.717, 1.165) is 23.3 Å². The molecule has 0 bridgehead atoms. The quantitative estimate of drug-likeness (QED) is 0.688. The first-order valence-electron chi connectivity index (χ1n) is 5.90. The molecule has 2 aromatic heterocycles. The molecule has 0 unspecified atom stereocenters. The first-order valence-corrected chi connectivity index (χ1v) is 5.90. The predicted octanol–water partition coefficient (Wildman–Crippen LogP) is 2.75. The van der Waals surface area contributed by atoms with Gasteiger partial charge in [-0.25, -0.2) is 4.98 Å². The smallest absolute Gasteiger partial charge is 0.134 e. The zero-order chi connectivity index (χ0) is 12.2. The van der Waals surface area contributed by atoms with Crippen LogP contribution in [0.4, 0.5) is 5.82 Å². The van der Waals surface area contributed by atoms with Crippen LogP contribution in [0.3, 0.4) is 0 Å². The minimum atomic E-state index is 0. The summed E-state index contributed by atoms with van der Waals surface area (Å²) >= 11 is 0. The molecule has 0 saturated carbocycles. The van der Waals surface area contributed by atoms with Crippen LogP contribution in [-0.2, 0) is 6.54 Å². The Kier molecular flexibility index (Phi) is 11.5. The van der Waals surface area contributed by atoms with Gasteiger partial charge < -0.3 is 16.3 Å². The Balaban J connectivity index is 0. The molecule has 22 heavy (non-hydrogen) atoms. The third-order valence-electron chi connectivity index (χ3n) is 2.86. The normalized spacial score (nSPS) is 8.55. The van der Waals surface area contributed by atoms with Crippen molar-refractivity contribution in [3.05, 3.63) is 66.6 Å². The number of fused-ring (bicyclic) bond motifs is 1. The molecule has 0 saturated heterocycles. The second kappa shape index (κ2) is 11.1. The van der Waals surface area contributed by atoms with Crippen molar-refractivity contribution in [2.24, 2.45) is 0 Å². The lowest BCUT2D eigenvalue weighted by molar-refractivity contribution is 0.823. The van der Waals surface area contributed by atoms with E-state index >= 15 is 0 Å². The van der Waals surface area contributed by atoms with Crippen LogP contribution < -0.4 is 5.32 Å². The van der Waals surface area contributed by atoms with E-state index in [0.29, 0.717) is 0 Å². The van der Waals surface area contributed by atoms with Crippen LogP contribution in [0.1, 0.15) is 5.56 Å². The fourth-order valence-electron chi connectivity index (χ4n) is 1.95. The summed E-state index contributed by atoms with van der Waals surface area (Å²) in [6.07, 6.45) is 5.46. The van der Waals surface area contributed by atoms with Crippen molar-refractivity contribution in [3.8, 4) is 0 Å². The minimum absolute atomic E-state index is 0. The van der Waals surface area contributed by atoms with Gasteiger partial charge in [-0.05, 0) is 23.1 Å². The van der Waals surface area contributed by atoms with Crippen LogP contribution in [0.15, 0.2) is 61.1 Å². The molecule has 5 nitrogen and oxygen atoms in total. The molecule has 0 amide bonds. The molecule has 120 valence electrons. The Bertz CT molecular complexity index is 664. The van der Waals surface area contributed by atoms with Gasteiger partial charge in [-0.2, -0.15) is 0 Å². The van der Waals surface area contributed by atoms with Gasteiger partial charge in [0.1, 0.15) is 5.82 Å². The molecule has 2 heterocycles. The topological polar surface area (TPSA) is 101 Å². The highest BCUT2D eigenvalue weighted by molar-refractivity contribution is 8.93. The maximum absolute atomic E-state index is 4.39. The summed E-state index contributed by atoms with van der Waals surface area (Å²) in [6.45, 7) is 0.731. The van der Waals surface area contributed by atoms with E-state index in [9.17, 15) is 0 Å². The number of pyridine rings is 2. The van der Waals surface area contributed by atoms with Crippen LogP contribution in [0.5, 0.6) is 0 Å². The van der Waals surface area contributed by atoms with Crippen molar-refractivity contribution in [1.29, 1.82) is 0 Å². The van der Waals surface area contributed by atoms with E-state index in [1.54, 1.807) is 6.20 Å². The van der Waals surface area contributed by atoms with Crippen molar-refractivity contribution in [2.75, 3.05) is 5.32 Å². The lowest BCUT2D eigenvalue weighted by Gasteiger charge is -2.08. The van der Waals surface area contributed by atoms with Crippen LogP contribution >= 0.6 is 34.0 Å². The van der Waals surface area contributed by atoms with Crippen LogP contribution in [0.25, 0.3) is 10.8 Å². The van der Waals surface area contributed by atoms with Gasteiger partial charge in [0.2, 0.25) is 0 Å². The Hall–Kier alpha value is -1.54. The summed E-state index contributed by atoms with van der Waals surface area (Å²) < 4.78 is 0. The molecule has 0 atom stereocenters. The number of benzene rings is 1. The van der Waals surface area contributed by atoms with Gasteiger partial charge in [-0.15, -0.1) is 34.0 Å². The van der Waals surface area contributed by atoms with Gasteiger partial charge in [0.05, 0.1) is 0 Å². The molecule has 0 aliphatic rings. The van der Waals surface area contributed by atoms with Gasteiger partial charge in [-0.1, -0.05) is 30.3 Å². The Morgan fingerprint density at radius 2 is 1.64 bits per heavy atom. The van der Waals surface area contributed by atoms with Gasteiger partial charge in [-0.3, -0.25) is 4.98 Å². The minimum Gasteiger partial charge on any atom is -0.412 e. The maximum atomic E-state index is 4.39. The number of hydrogen-bond acceptors (Lipinski definition) is 3. The van der Waals surface area contributed by atoms with Crippen LogP contribution in [0.2, 0.25) is 0 Å². The third kappa shape index (κ3) is 5.34. The molecule has 1 aromatic carbocycles. The van der Waals surface area contributed by atoms with E-state index in [4.69, 9.17) is 0 Å². The molecular weight excluding hydrogens is 414 g/mol. The summed E-state index contributed by atoms with van der Waals surface area (Å²) in [4.78, 5) is 8.49. The number of nitrogens with zero attached hydrogens (tertiary/aromatic N) is 2. The highest BCUT2D eigenvalue weighted by Gasteiger charge is 2.00. The van der Waals surface area contributed by atoms with Gasteiger partial charge >= 0.3 is 0 Å². The molecule has 0 radical (unpaired) electrons. The third-order valence-corrected chi connectivity index (χ3v) is 2.86. The maximum Gasteiger partial charge on any atom is 0.134 e. The zero-order valence-electron chi connectivity index (χ0n) is 11.7. The molecular formula is C15H19Br2N3O2. The number of anilines is 1. The molecule has 5 N–H and O–H groups in total. The van der Waals surface area contributed by atoms with Gasteiger partial charge in [0.15, 0.2) is 0 Å². The van der Waals surface area contributed by atoms with E-state index in [1.807, 2.05) is 42.7 Å². The molecule has 0 aliphatic carbocycles. The standard InChI is InChI=1S/C15H13N3.2BrH.2H2O/c1-2-6-14-13(5-1)7-9-17-15(14)18-11-12-4-3-8-16-10-12;;;;/h1-10H,11H2,(H,17,18);2*1H;2*1H2. The summed E-state index contributed by atoms with van der Waals surface area (Å²) in [5.74, 6) is 0.914. The fourth-order valence-corrected chi connectivity index (χ4v) is 1.95. The first-order chi connectivity index (χ1) is 8.93. The van der Waals surface area contributed by atoms with Crippen molar-refractivity contribution in [2.45, 2.75) is 6.54 Å². The summed E-state index contributed by atoms with van der Waals surface area (Å²) in [5, 5.41) is 5.69. The predicted molar refractivity (Wildman–Crippen MR) is 101 cm³/mol. The average molecular weight is 433 g/mol. The van der Waals surface area contributed by atoms with Crippen molar-refractivity contribution in [3.63, 3.8) is 0 Å². The molecule has 3 aromatic rings. The highest BCUT2D eigenvalue weighted by Crippen LogP contribution is 2.20. The Labute approximate surface area is 150 Å². The number of hydrogen-bond donors (Lipinski definition) is 1.